The molecular formula is C22H18N4O2S. The van der Waals surface area contributed by atoms with E-state index in [1.54, 1.807) is 6.07 Å². The molecule has 144 valence electrons. The van der Waals surface area contributed by atoms with E-state index >= 15 is 0 Å². The maximum absolute atomic E-state index is 12.5. The number of hydrogen-bond acceptors (Lipinski definition) is 5. The molecule has 2 aromatic heterocycles. The van der Waals surface area contributed by atoms with Crippen LogP contribution in [-0.2, 0) is 11.2 Å². The van der Waals surface area contributed by atoms with Gasteiger partial charge in [0, 0.05) is 5.39 Å². The van der Waals surface area contributed by atoms with Crippen molar-refractivity contribution in [2.45, 2.75) is 6.42 Å². The molecule has 0 radical (unpaired) electrons. The van der Waals surface area contributed by atoms with E-state index in [0.717, 1.165) is 28.0 Å². The van der Waals surface area contributed by atoms with Crippen LogP contribution in [0.5, 0.6) is 0 Å². The standard InChI is InChI=1S/C22H18N4O2S/c23-19-18-15(14-9-5-2-6-10-14)12-16(26-22(18)29-20(19)21(24)28)25-17(27)11-13-7-3-1-4-8-13/h1-10,12H,11,23H2,(H2,24,28)(H,25,26,27). The van der Waals surface area contributed by atoms with E-state index in [2.05, 4.69) is 10.3 Å². The van der Waals surface area contributed by atoms with Gasteiger partial charge in [-0.25, -0.2) is 4.98 Å². The molecule has 0 atom stereocenters. The zero-order valence-corrected chi connectivity index (χ0v) is 16.2. The minimum absolute atomic E-state index is 0.179. The SMILES string of the molecule is NC(=O)c1sc2nc(NC(=O)Cc3ccccc3)cc(-c3ccccc3)c2c1N. The number of nitrogens with zero attached hydrogens (tertiary/aromatic N) is 1. The zero-order chi connectivity index (χ0) is 20.4. The Morgan fingerprint density at radius 1 is 1.00 bits per heavy atom. The van der Waals surface area contributed by atoms with Gasteiger partial charge in [-0.2, -0.15) is 0 Å². The second-order valence-corrected chi connectivity index (χ2v) is 7.52. The third-order valence-electron chi connectivity index (χ3n) is 4.48. The van der Waals surface area contributed by atoms with Gasteiger partial charge >= 0.3 is 0 Å². The average Bonchev–Trinajstić information content (AvgIpc) is 3.05. The Balaban J connectivity index is 1.77. The molecule has 5 N–H and O–H groups in total. The van der Waals surface area contributed by atoms with E-state index in [1.165, 1.54) is 0 Å². The van der Waals surface area contributed by atoms with Crippen LogP contribution >= 0.6 is 11.3 Å². The number of nitrogen functional groups attached to an aromatic ring is 1. The Bertz CT molecular complexity index is 1200. The molecule has 0 unspecified atom stereocenters. The molecule has 2 aromatic carbocycles. The van der Waals surface area contributed by atoms with Crippen LogP contribution in [0.3, 0.4) is 0 Å². The first-order valence-corrected chi connectivity index (χ1v) is 9.76. The molecule has 2 heterocycles. The summed E-state index contributed by atoms with van der Waals surface area (Å²) in [4.78, 5) is 29.6. The third kappa shape index (κ3) is 3.81. The summed E-state index contributed by atoms with van der Waals surface area (Å²) in [5.74, 6) is -0.379. The topological polar surface area (TPSA) is 111 Å². The number of anilines is 2. The number of carbonyl (C=O) groups is 2. The highest BCUT2D eigenvalue weighted by molar-refractivity contribution is 7.21. The first-order valence-electron chi connectivity index (χ1n) is 8.95. The molecule has 0 aliphatic heterocycles. The predicted molar refractivity (Wildman–Crippen MR) is 117 cm³/mol. The van der Waals surface area contributed by atoms with Crippen LogP contribution in [0.15, 0.2) is 66.7 Å². The Morgan fingerprint density at radius 2 is 1.66 bits per heavy atom. The summed E-state index contributed by atoms with van der Waals surface area (Å²) in [7, 11) is 0. The van der Waals surface area contributed by atoms with Crippen molar-refractivity contribution in [3.05, 3.63) is 77.2 Å². The third-order valence-corrected chi connectivity index (χ3v) is 5.60. The molecule has 4 aromatic rings. The second-order valence-electron chi connectivity index (χ2n) is 6.52. The van der Waals surface area contributed by atoms with E-state index in [-0.39, 0.29) is 17.2 Å². The van der Waals surface area contributed by atoms with E-state index in [1.807, 2.05) is 60.7 Å². The molecule has 4 rings (SSSR count). The van der Waals surface area contributed by atoms with Crippen molar-refractivity contribution in [3.63, 3.8) is 0 Å². The highest BCUT2D eigenvalue weighted by atomic mass is 32.1. The van der Waals surface area contributed by atoms with Crippen LogP contribution in [0, 0.1) is 0 Å². The molecule has 0 aliphatic rings. The van der Waals surface area contributed by atoms with E-state index in [4.69, 9.17) is 11.5 Å². The number of nitrogens with two attached hydrogens (primary N) is 2. The Morgan fingerprint density at radius 3 is 2.31 bits per heavy atom. The zero-order valence-electron chi connectivity index (χ0n) is 15.4. The number of benzene rings is 2. The number of fused-ring (bicyclic) bond motifs is 1. The Hall–Kier alpha value is -3.71. The molecule has 0 aliphatic carbocycles. The van der Waals surface area contributed by atoms with Crippen LogP contribution in [-0.4, -0.2) is 16.8 Å². The van der Waals surface area contributed by atoms with Crippen molar-refractivity contribution >= 4 is 44.9 Å². The number of pyridine rings is 1. The van der Waals surface area contributed by atoms with Gasteiger partial charge in [0.2, 0.25) is 5.91 Å². The van der Waals surface area contributed by atoms with Crippen LogP contribution in [0.4, 0.5) is 11.5 Å². The fraction of sp³-hybridized carbons (Fsp3) is 0.0455. The number of nitrogens with one attached hydrogen (secondary N) is 1. The second kappa shape index (κ2) is 7.73. The largest absolute Gasteiger partial charge is 0.397 e. The minimum atomic E-state index is -0.598. The maximum atomic E-state index is 12.5. The Labute approximate surface area is 171 Å². The number of carbonyl (C=O) groups excluding carboxylic acids is 2. The quantitative estimate of drug-likeness (QED) is 0.471. The van der Waals surface area contributed by atoms with Crippen LogP contribution < -0.4 is 16.8 Å². The maximum Gasteiger partial charge on any atom is 0.260 e. The summed E-state index contributed by atoms with van der Waals surface area (Å²) in [6.07, 6.45) is 0.236. The number of thiophene rings is 1. The van der Waals surface area contributed by atoms with Crippen molar-refractivity contribution in [1.29, 1.82) is 0 Å². The highest BCUT2D eigenvalue weighted by Gasteiger charge is 2.20. The van der Waals surface area contributed by atoms with Crippen LogP contribution in [0.2, 0.25) is 0 Å². The van der Waals surface area contributed by atoms with Gasteiger partial charge in [-0.15, -0.1) is 11.3 Å². The Kier molecular flexibility index (Phi) is 4.97. The molecular weight excluding hydrogens is 384 g/mol. The number of aromatic nitrogens is 1. The molecule has 0 saturated carbocycles. The van der Waals surface area contributed by atoms with Crippen molar-refractivity contribution in [2.24, 2.45) is 5.73 Å². The molecule has 6 nitrogen and oxygen atoms in total. The number of primary amides is 1. The fourth-order valence-electron chi connectivity index (χ4n) is 3.18. The van der Waals surface area contributed by atoms with Gasteiger partial charge in [0.05, 0.1) is 12.1 Å². The lowest BCUT2D eigenvalue weighted by Gasteiger charge is -2.10. The number of amides is 2. The highest BCUT2D eigenvalue weighted by Crippen LogP contribution is 2.40. The van der Waals surface area contributed by atoms with Gasteiger partial charge in [0.1, 0.15) is 15.5 Å². The van der Waals surface area contributed by atoms with E-state index in [9.17, 15) is 9.59 Å². The predicted octanol–water partition coefficient (Wildman–Crippen LogP) is 3.83. The van der Waals surface area contributed by atoms with Crippen molar-refractivity contribution in [3.8, 4) is 11.1 Å². The van der Waals surface area contributed by atoms with Gasteiger partial charge in [-0.1, -0.05) is 60.7 Å². The first-order chi connectivity index (χ1) is 14.0. The van der Waals surface area contributed by atoms with Gasteiger partial charge in [-0.3, -0.25) is 9.59 Å². The smallest absolute Gasteiger partial charge is 0.260 e. The molecule has 0 fully saturated rings. The fourth-order valence-corrected chi connectivity index (χ4v) is 4.15. The van der Waals surface area contributed by atoms with Gasteiger partial charge in [0.15, 0.2) is 0 Å². The number of hydrogen-bond donors (Lipinski definition) is 3. The molecule has 29 heavy (non-hydrogen) atoms. The normalized spacial score (nSPS) is 10.8. The summed E-state index contributed by atoms with van der Waals surface area (Å²) in [6, 6.07) is 20.8. The first kappa shape index (κ1) is 18.6. The van der Waals surface area contributed by atoms with Gasteiger partial charge < -0.3 is 16.8 Å². The molecule has 0 saturated heterocycles. The summed E-state index contributed by atoms with van der Waals surface area (Å²) < 4.78 is 0. The molecule has 2 amide bonds. The van der Waals surface area contributed by atoms with Crippen LogP contribution in [0.25, 0.3) is 21.3 Å². The molecule has 0 bridgehead atoms. The lowest BCUT2D eigenvalue weighted by Crippen LogP contribution is -2.15. The summed E-state index contributed by atoms with van der Waals surface area (Å²) >= 11 is 1.12. The summed E-state index contributed by atoms with van der Waals surface area (Å²) in [5, 5.41) is 3.51. The van der Waals surface area contributed by atoms with Crippen molar-refractivity contribution < 1.29 is 9.59 Å². The lowest BCUT2D eigenvalue weighted by molar-refractivity contribution is -0.115. The minimum Gasteiger partial charge on any atom is -0.397 e. The number of rotatable bonds is 5. The van der Waals surface area contributed by atoms with E-state index < -0.39 is 5.91 Å². The average molecular weight is 402 g/mol. The summed E-state index contributed by atoms with van der Waals surface area (Å²) in [6.45, 7) is 0. The van der Waals surface area contributed by atoms with Gasteiger partial charge in [-0.05, 0) is 22.8 Å². The van der Waals surface area contributed by atoms with Gasteiger partial charge in [0.25, 0.3) is 5.91 Å². The molecule has 0 spiro atoms. The van der Waals surface area contributed by atoms with Crippen LogP contribution in [0.1, 0.15) is 15.2 Å². The molecule has 7 heteroatoms. The van der Waals surface area contributed by atoms with Crippen molar-refractivity contribution in [2.75, 3.05) is 11.1 Å². The lowest BCUT2D eigenvalue weighted by atomic mass is 10.0. The van der Waals surface area contributed by atoms with E-state index in [0.29, 0.717) is 21.7 Å². The van der Waals surface area contributed by atoms with Crippen molar-refractivity contribution in [1.82, 2.24) is 4.98 Å². The summed E-state index contributed by atoms with van der Waals surface area (Å²) in [5.41, 5.74) is 14.6. The monoisotopic (exact) mass is 402 g/mol.